The SMILES string of the molecule is CCC(C)CN1CCC2(CC1)CC1(CC(CCNC(C)C)C1)C2. The van der Waals surface area contributed by atoms with Gasteiger partial charge in [0.05, 0.1) is 0 Å². The van der Waals surface area contributed by atoms with Gasteiger partial charge >= 0.3 is 0 Å². The summed E-state index contributed by atoms with van der Waals surface area (Å²) in [5, 5.41) is 3.58. The van der Waals surface area contributed by atoms with Crippen LogP contribution in [0.2, 0.25) is 0 Å². The van der Waals surface area contributed by atoms with Crippen LogP contribution in [0.25, 0.3) is 0 Å². The van der Waals surface area contributed by atoms with Crippen molar-refractivity contribution in [3.05, 3.63) is 0 Å². The Bertz CT molecular complexity index is 365. The fourth-order valence-electron chi connectivity index (χ4n) is 5.91. The average molecular weight is 321 g/mol. The Morgan fingerprint density at radius 3 is 2.26 bits per heavy atom. The minimum atomic E-state index is 0.650. The smallest absolute Gasteiger partial charge is 0.00103 e. The number of likely N-dealkylation sites (tertiary alicyclic amines) is 1. The van der Waals surface area contributed by atoms with E-state index in [2.05, 4.69) is 37.9 Å². The molecule has 23 heavy (non-hydrogen) atoms. The lowest BCUT2D eigenvalue weighted by Gasteiger charge is -2.66. The van der Waals surface area contributed by atoms with E-state index in [9.17, 15) is 0 Å². The van der Waals surface area contributed by atoms with E-state index in [1.165, 1.54) is 51.9 Å². The van der Waals surface area contributed by atoms with Gasteiger partial charge in [0.25, 0.3) is 0 Å². The molecule has 1 heterocycles. The molecule has 3 rings (SSSR count). The fourth-order valence-corrected chi connectivity index (χ4v) is 5.91. The highest BCUT2D eigenvalue weighted by atomic mass is 15.1. The van der Waals surface area contributed by atoms with Crippen LogP contribution in [-0.2, 0) is 0 Å². The summed E-state index contributed by atoms with van der Waals surface area (Å²) in [6.45, 7) is 14.6. The maximum atomic E-state index is 3.58. The minimum absolute atomic E-state index is 0.650. The first-order valence-corrected chi connectivity index (χ1v) is 10.4. The van der Waals surface area contributed by atoms with Crippen molar-refractivity contribution >= 4 is 0 Å². The number of piperidine rings is 1. The summed E-state index contributed by atoms with van der Waals surface area (Å²) in [5.41, 5.74) is 1.58. The molecule has 0 aromatic carbocycles. The highest BCUT2D eigenvalue weighted by molar-refractivity contribution is 5.10. The fraction of sp³-hybridized carbons (Fsp3) is 1.00. The lowest BCUT2D eigenvalue weighted by atomic mass is 9.40. The van der Waals surface area contributed by atoms with Crippen LogP contribution in [0.1, 0.15) is 79.1 Å². The van der Waals surface area contributed by atoms with Crippen molar-refractivity contribution in [3.8, 4) is 0 Å². The van der Waals surface area contributed by atoms with Crippen molar-refractivity contribution < 1.29 is 0 Å². The summed E-state index contributed by atoms with van der Waals surface area (Å²) in [6.07, 6.45) is 12.0. The second-order valence-electron chi connectivity index (χ2n) is 9.84. The standard InChI is InChI=1S/C21H40N2/c1-5-18(4)14-23-10-7-20(8-11-23)15-21(16-20)12-19(13-21)6-9-22-17(2)3/h17-19,22H,5-16H2,1-4H3. The molecule has 0 amide bonds. The van der Waals surface area contributed by atoms with Gasteiger partial charge in [0.2, 0.25) is 0 Å². The zero-order chi connectivity index (χ0) is 16.5. The van der Waals surface area contributed by atoms with E-state index < -0.39 is 0 Å². The third kappa shape index (κ3) is 4.12. The van der Waals surface area contributed by atoms with Crippen LogP contribution in [0.4, 0.5) is 0 Å². The maximum absolute atomic E-state index is 3.58. The molecular weight excluding hydrogens is 280 g/mol. The van der Waals surface area contributed by atoms with E-state index in [1.54, 1.807) is 25.7 Å². The van der Waals surface area contributed by atoms with Crippen molar-refractivity contribution in [1.29, 1.82) is 0 Å². The van der Waals surface area contributed by atoms with E-state index >= 15 is 0 Å². The third-order valence-electron chi connectivity index (χ3n) is 7.23. The Balaban J connectivity index is 1.33. The third-order valence-corrected chi connectivity index (χ3v) is 7.23. The first-order valence-electron chi connectivity index (χ1n) is 10.4. The number of nitrogens with zero attached hydrogens (tertiary/aromatic N) is 1. The van der Waals surface area contributed by atoms with Crippen molar-refractivity contribution in [2.75, 3.05) is 26.2 Å². The molecule has 2 spiro atoms. The summed E-state index contributed by atoms with van der Waals surface area (Å²) >= 11 is 0. The lowest BCUT2D eigenvalue weighted by Crippen LogP contribution is -2.57. The largest absolute Gasteiger partial charge is 0.315 e. The number of hydrogen-bond donors (Lipinski definition) is 1. The van der Waals surface area contributed by atoms with E-state index in [4.69, 9.17) is 0 Å². The van der Waals surface area contributed by atoms with Crippen molar-refractivity contribution in [2.24, 2.45) is 22.7 Å². The molecule has 2 nitrogen and oxygen atoms in total. The monoisotopic (exact) mass is 320 g/mol. The lowest BCUT2D eigenvalue weighted by molar-refractivity contribution is -0.150. The van der Waals surface area contributed by atoms with Crippen LogP contribution < -0.4 is 5.32 Å². The van der Waals surface area contributed by atoms with Crippen LogP contribution in [0.3, 0.4) is 0 Å². The second-order valence-corrected chi connectivity index (χ2v) is 9.84. The Labute approximate surface area is 144 Å². The Morgan fingerprint density at radius 2 is 1.70 bits per heavy atom. The molecule has 1 unspecified atom stereocenters. The second kappa shape index (κ2) is 7.04. The first-order chi connectivity index (χ1) is 10.9. The van der Waals surface area contributed by atoms with E-state index in [0.29, 0.717) is 6.04 Å². The predicted molar refractivity (Wildman–Crippen MR) is 99.7 cm³/mol. The molecule has 3 fully saturated rings. The summed E-state index contributed by atoms with van der Waals surface area (Å²) < 4.78 is 0. The Hall–Kier alpha value is -0.0800. The molecule has 2 heteroatoms. The van der Waals surface area contributed by atoms with Crippen LogP contribution in [-0.4, -0.2) is 37.1 Å². The van der Waals surface area contributed by atoms with E-state index in [1.807, 2.05) is 0 Å². The van der Waals surface area contributed by atoms with Crippen molar-refractivity contribution in [1.82, 2.24) is 10.2 Å². The van der Waals surface area contributed by atoms with Gasteiger partial charge in [-0.1, -0.05) is 34.1 Å². The van der Waals surface area contributed by atoms with Gasteiger partial charge in [-0.15, -0.1) is 0 Å². The minimum Gasteiger partial charge on any atom is -0.315 e. The van der Waals surface area contributed by atoms with Crippen LogP contribution in [0, 0.1) is 22.7 Å². The molecular formula is C21H40N2. The van der Waals surface area contributed by atoms with Crippen LogP contribution >= 0.6 is 0 Å². The molecule has 1 atom stereocenters. The zero-order valence-corrected chi connectivity index (χ0v) is 16.2. The maximum Gasteiger partial charge on any atom is 0.00103 e. The molecule has 2 aliphatic carbocycles. The van der Waals surface area contributed by atoms with Crippen molar-refractivity contribution in [2.45, 2.75) is 85.1 Å². The normalized spacial score (nSPS) is 28.0. The molecule has 134 valence electrons. The van der Waals surface area contributed by atoms with Gasteiger partial charge in [0, 0.05) is 12.6 Å². The quantitative estimate of drug-likeness (QED) is 0.732. The van der Waals surface area contributed by atoms with Gasteiger partial charge < -0.3 is 10.2 Å². The molecule has 1 N–H and O–H groups in total. The number of rotatable bonds is 7. The van der Waals surface area contributed by atoms with Gasteiger partial charge in [0.1, 0.15) is 0 Å². The number of hydrogen-bond acceptors (Lipinski definition) is 2. The topological polar surface area (TPSA) is 15.3 Å². The average Bonchev–Trinajstić information content (AvgIpc) is 2.44. The molecule has 3 aliphatic rings. The van der Waals surface area contributed by atoms with Gasteiger partial charge in [-0.05, 0) is 87.2 Å². The van der Waals surface area contributed by atoms with E-state index in [0.717, 1.165) is 22.7 Å². The summed E-state index contributed by atoms with van der Waals surface area (Å²) in [5.74, 6) is 1.91. The van der Waals surface area contributed by atoms with Gasteiger partial charge in [0.15, 0.2) is 0 Å². The van der Waals surface area contributed by atoms with Gasteiger partial charge in [-0.25, -0.2) is 0 Å². The molecule has 0 bridgehead atoms. The van der Waals surface area contributed by atoms with E-state index in [-0.39, 0.29) is 0 Å². The zero-order valence-electron chi connectivity index (χ0n) is 16.2. The summed E-state index contributed by atoms with van der Waals surface area (Å²) in [4.78, 5) is 2.74. The highest BCUT2D eigenvalue weighted by Gasteiger charge is 2.59. The molecule has 1 saturated heterocycles. The first kappa shape index (κ1) is 17.7. The Kier molecular flexibility index (Phi) is 5.43. The predicted octanol–water partition coefficient (Wildman–Crippen LogP) is 4.69. The molecule has 1 aliphatic heterocycles. The van der Waals surface area contributed by atoms with Crippen LogP contribution in [0.5, 0.6) is 0 Å². The summed E-state index contributed by atoms with van der Waals surface area (Å²) in [7, 11) is 0. The highest BCUT2D eigenvalue weighted by Crippen LogP contribution is 2.69. The molecule has 0 aromatic rings. The van der Waals surface area contributed by atoms with Crippen molar-refractivity contribution in [3.63, 3.8) is 0 Å². The molecule has 0 radical (unpaired) electrons. The molecule has 0 aromatic heterocycles. The Morgan fingerprint density at radius 1 is 1.04 bits per heavy atom. The number of nitrogens with one attached hydrogen (secondary N) is 1. The van der Waals surface area contributed by atoms with Gasteiger partial charge in [-0.2, -0.15) is 0 Å². The molecule has 2 saturated carbocycles. The van der Waals surface area contributed by atoms with Gasteiger partial charge in [-0.3, -0.25) is 0 Å². The summed E-state index contributed by atoms with van der Waals surface area (Å²) in [6, 6.07) is 0.650. The van der Waals surface area contributed by atoms with Crippen LogP contribution in [0.15, 0.2) is 0 Å².